The van der Waals surface area contributed by atoms with E-state index in [0.29, 0.717) is 24.1 Å². The van der Waals surface area contributed by atoms with Gasteiger partial charge in [-0.3, -0.25) is 9.59 Å². The van der Waals surface area contributed by atoms with Gasteiger partial charge in [0.25, 0.3) is 5.91 Å². The maximum Gasteiger partial charge on any atom is 0.290 e. The topological polar surface area (TPSA) is 91.0 Å². The molecule has 6 heteroatoms. The second kappa shape index (κ2) is 6.88. The molecule has 0 saturated heterocycles. The van der Waals surface area contributed by atoms with Crippen LogP contribution >= 0.6 is 0 Å². The minimum Gasteiger partial charge on any atom is -0.508 e. The van der Waals surface area contributed by atoms with Crippen LogP contribution < -0.4 is 0 Å². The summed E-state index contributed by atoms with van der Waals surface area (Å²) in [5.41, 5.74) is 1.17. The highest BCUT2D eigenvalue weighted by atomic mass is 16.3. The second-order valence-electron chi connectivity index (χ2n) is 6.73. The van der Waals surface area contributed by atoms with Crippen molar-refractivity contribution in [3.8, 4) is 5.75 Å². The van der Waals surface area contributed by atoms with Crippen LogP contribution in [0.2, 0.25) is 0 Å². The zero-order valence-electron chi connectivity index (χ0n) is 15.3. The Balaban J connectivity index is 1.82. The predicted octanol–water partition coefficient (Wildman–Crippen LogP) is 4.13. The lowest BCUT2D eigenvalue weighted by Crippen LogP contribution is -2.31. The number of nitrogens with zero attached hydrogens (tertiary/aromatic N) is 1. The molecular weight excluding hydrogens is 358 g/mol. The van der Waals surface area contributed by atoms with E-state index in [0.717, 1.165) is 5.39 Å². The van der Waals surface area contributed by atoms with Crippen molar-refractivity contribution in [2.24, 2.45) is 0 Å². The first-order chi connectivity index (χ1) is 13.5. The van der Waals surface area contributed by atoms with Crippen LogP contribution in [0.4, 0.5) is 0 Å². The largest absolute Gasteiger partial charge is 0.508 e. The number of ketones is 1. The molecule has 1 aliphatic heterocycles. The van der Waals surface area contributed by atoms with Crippen molar-refractivity contribution in [2.45, 2.75) is 19.4 Å². The van der Waals surface area contributed by atoms with Crippen LogP contribution in [0.5, 0.6) is 5.75 Å². The Hall–Kier alpha value is -3.54. The van der Waals surface area contributed by atoms with Crippen LogP contribution in [0, 0.1) is 0 Å². The number of fused-ring (bicyclic) bond motifs is 1. The van der Waals surface area contributed by atoms with E-state index in [1.807, 2.05) is 19.1 Å². The van der Waals surface area contributed by atoms with Gasteiger partial charge in [0.1, 0.15) is 11.3 Å². The van der Waals surface area contributed by atoms with Crippen LogP contribution in [0.3, 0.4) is 0 Å². The van der Waals surface area contributed by atoms with Crippen molar-refractivity contribution in [1.82, 2.24) is 4.90 Å². The number of hydrogen-bond acceptors (Lipinski definition) is 5. The number of aliphatic hydroxyl groups is 1. The van der Waals surface area contributed by atoms with Gasteiger partial charge >= 0.3 is 0 Å². The predicted molar refractivity (Wildman–Crippen MR) is 103 cm³/mol. The third kappa shape index (κ3) is 2.83. The number of furan rings is 1. The molecule has 6 nitrogen and oxygen atoms in total. The van der Waals surface area contributed by atoms with Crippen molar-refractivity contribution in [3.63, 3.8) is 0 Å². The summed E-state index contributed by atoms with van der Waals surface area (Å²) < 4.78 is 5.66. The summed E-state index contributed by atoms with van der Waals surface area (Å²) in [5.74, 6) is -1.53. The Bertz CT molecular complexity index is 1060. The van der Waals surface area contributed by atoms with E-state index in [4.69, 9.17) is 4.42 Å². The maximum atomic E-state index is 13.2. The van der Waals surface area contributed by atoms with Crippen LogP contribution in [0.25, 0.3) is 11.0 Å². The van der Waals surface area contributed by atoms with Gasteiger partial charge in [0, 0.05) is 11.9 Å². The molecule has 3 aromatic rings. The number of carbonyl (C=O) groups excluding carboxylic acids is 2. The average Bonchev–Trinajstić information content (AvgIpc) is 3.23. The number of phenols is 1. The van der Waals surface area contributed by atoms with E-state index in [-0.39, 0.29) is 17.1 Å². The highest BCUT2D eigenvalue weighted by Crippen LogP contribution is 2.40. The highest BCUT2D eigenvalue weighted by Gasteiger charge is 2.44. The summed E-state index contributed by atoms with van der Waals surface area (Å²) in [4.78, 5) is 27.4. The van der Waals surface area contributed by atoms with Crippen molar-refractivity contribution >= 4 is 22.7 Å². The Morgan fingerprint density at radius 3 is 2.50 bits per heavy atom. The summed E-state index contributed by atoms with van der Waals surface area (Å²) in [6.45, 7) is 2.29. The Labute approximate surface area is 161 Å². The Morgan fingerprint density at radius 1 is 1.11 bits per heavy atom. The average molecular weight is 377 g/mol. The van der Waals surface area contributed by atoms with Gasteiger partial charge < -0.3 is 19.5 Å². The minimum absolute atomic E-state index is 0.0109. The monoisotopic (exact) mass is 377 g/mol. The summed E-state index contributed by atoms with van der Waals surface area (Å²) in [7, 11) is 0. The molecule has 0 radical (unpaired) electrons. The van der Waals surface area contributed by atoms with Gasteiger partial charge in [0.05, 0.1) is 11.6 Å². The Kier molecular flexibility index (Phi) is 4.39. The van der Waals surface area contributed by atoms with E-state index in [1.165, 1.54) is 17.0 Å². The molecule has 2 N–H and O–H groups in total. The van der Waals surface area contributed by atoms with Gasteiger partial charge in [0.15, 0.2) is 11.5 Å². The summed E-state index contributed by atoms with van der Waals surface area (Å²) >= 11 is 0. The molecule has 2 aromatic carbocycles. The van der Waals surface area contributed by atoms with E-state index >= 15 is 0 Å². The zero-order chi connectivity index (χ0) is 19.8. The first-order valence-corrected chi connectivity index (χ1v) is 9.07. The zero-order valence-corrected chi connectivity index (χ0v) is 15.3. The molecular formula is C22H19NO5. The van der Waals surface area contributed by atoms with Gasteiger partial charge in [-0.1, -0.05) is 37.3 Å². The molecule has 1 aromatic heterocycles. The Morgan fingerprint density at radius 2 is 1.82 bits per heavy atom. The molecule has 4 rings (SSSR count). The van der Waals surface area contributed by atoms with E-state index in [1.54, 1.807) is 30.3 Å². The molecule has 0 spiro atoms. The van der Waals surface area contributed by atoms with Crippen LogP contribution in [-0.2, 0) is 4.79 Å². The van der Waals surface area contributed by atoms with Crippen molar-refractivity contribution in [2.75, 3.05) is 6.54 Å². The molecule has 0 saturated carbocycles. The first kappa shape index (κ1) is 17.9. The molecule has 28 heavy (non-hydrogen) atoms. The van der Waals surface area contributed by atoms with E-state index in [9.17, 15) is 19.8 Å². The number of rotatable bonds is 5. The maximum absolute atomic E-state index is 13.2. The van der Waals surface area contributed by atoms with Gasteiger partial charge in [0.2, 0.25) is 5.78 Å². The molecule has 2 heterocycles. The number of Topliss-reactive ketones (excluding diaryl/α,β-unsaturated/α-hetero) is 1. The number of benzene rings is 2. The summed E-state index contributed by atoms with van der Waals surface area (Å²) in [6.07, 6.45) is 0.666. The number of aliphatic hydroxyl groups excluding tert-OH is 1. The standard InChI is InChI=1S/C22H19NO5/c1-2-11-23-19(13-7-9-15(24)10-8-13)18(21(26)22(23)27)20(25)17-12-14-5-3-4-6-16(14)28-17/h3-10,12,19,24,26H,2,11H2,1H3. The lowest BCUT2D eigenvalue weighted by Gasteiger charge is -2.26. The molecule has 1 aliphatic rings. The lowest BCUT2D eigenvalue weighted by atomic mass is 9.95. The van der Waals surface area contributed by atoms with Crippen LogP contribution in [-0.4, -0.2) is 33.3 Å². The lowest BCUT2D eigenvalue weighted by molar-refractivity contribution is -0.129. The molecule has 0 bridgehead atoms. The van der Waals surface area contributed by atoms with Gasteiger partial charge in [-0.05, 0) is 36.2 Å². The second-order valence-corrected chi connectivity index (χ2v) is 6.73. The van der Waals surface area contributed by atoms with Crippen molar-refractivity contribution in [3.05, 3.63) is 77.3 Å². The number of hydrogen-bond donors (Lipinski definition) is 2. The van der Waals surface area contributed by atoms with E-state index in [2.05, 4.69) is 0 Å². The smallest absolute Gasteiger partial charge is 0.290 e. The highest BCUT2D eigenvalue weighted by molar-refractivity contribution is 6.16. The number of carbonyl (C=O) groups is 2. The fourth-order valence-electron chi connectivity index (χ4n) is 3.59. The third-order valence-electron chi connectivity index (χ3n) is 4.87. The van der Waals surface area contributed by atoms with Crippen molar-refractivity contribution in [1.29, 1.82) is 0 Å². The molecule has 1 unspecified atom stereocenters. The molecule has 0 aliphatic carbocycles. The molecule has 1 amide bonds. The fraction of sp³-hybridized carbons (Fsp3) is 0.182. The summed E-state index contributed by atoms with van der Waals surface area (Å²) in [5, 5.41) is 20.9. The van der Waals surface area contributed by atoms with Gasteiger partial charge in [-0.15, -0.1) is 0 Å². The number of phenolic OH excluding ortho intramolecular Hbond substituents is 1. The normalized spacial score (nSPS) is 17.0. The van der Waals surface area contributed by atoms with Crippen LogP contribution in [0.1, 0.15) is 35.5 Å². The number of aromatic hydroxyl groups is 1. The van der Waals surface area contributed by atoms with Crippen molar-refractivity contribution < 1.29 is 24.2 Å². The quantitative estimate of drug-likeness (QED) is 0.653. The molecule has 142 valence electrons. The van der Waals surface area contributed by atoms with Crippen LogP contribution in [0.15, 0.2) is 70.3 Å². The van der Waals surface area contributed by atoms with Gasteiger partial charge in [-0.25, -0.2) is 0 Å². The summed E-state index contributed by atoms with van der Waals surface area (Å²) in [6, 6.07) is 14.3. The third-order valence-corrected chi connectivity index (χ3v) is 4.87. The number of amides is 1. The number of para-hydroxylation sites is 1. The fourth-order valence-corrected chi connectivity index (χ4v) is 3.59. The van der Waals surface area contributed by atoms with Gasteiger partial charge in [-0.2, -0.15) is 0 Å². The van der Waals surface area contributed by atoms with E-state index < -0.39 is 23.5 Å². The first-order valence-electron chi connectivity index (χ1n) is 9.07. The molecule has 0 fully saturated rings. The molecule has 1 atom stereocenters. The SMILES string of the molecule is CCCN1C(=O)C(O)=C(C(=O)c2cc3ccccc3o2)C1c1ccc(O)cc1. The minimum atomic E-state index is -0.742.